The summed E-state index contributed by atoms with van der Waals surface area (Å²) < 4.78 is 38.8. The van der Waals surface area contributed by atoms with Gasteiger partial charge in [-0.15, -0.1) is 0 Å². The molecule has 0 bridgehead atoms. The van der Waals surface area contributed by atoms with Crippen LogP contribution in [0.15, 0.2) is 18.2 Å². The summed E-state index contributed by atoms with van der Waals surface area (Å²) in [7, 11) is 0. The molecule has 0 saturated heterocycles. The monoisotopic (exact) mass is 320 g/mol. The molecule has 0 aliphatic rings. The Bertz CT molecular complexity index is 443. The quantitative estimate of drug-likeness (QED) is 0.483. The zero-order chi connectivity index (χ0) is 16.6. The molecular weight excluding hydrogens is 297 g/mol. The zero-order valence-corrected chi connectivity index (χ0v) is 12.4. The Hall–Kier alpha value is -1.47. The van der Waals surface area contributed by atoms with Crippen molar-refractivity contribution in [3.05, 3.63) is 23.8 Å². The number of nitrogen functional groups attached to an aromatic ring is 1. The second-order valence-corrected chi connectivity index (χ2v) is 5.12. The number of hydrogen-bond donors (Lipinski definition) is 3. The number of nitrogens with two attached hydrogens (primary N) is 1. The Morgan fingerprint density at radius 3 is 1.95 bits per heavy atom. The van der Waals surface area contributed by atoms with Crippen LogP contribution in [0.1, 0.15) is 31.2 Å². The molecule has 0 atom stereocenters. The molecule has 7 heteroatoms. The Morgan fingerprint density at radius 2 is 1.50 bits per heavy atom. The number of unbranched alkanes of at least 4 members (excludes halogenated alkanes) is 2. The van der Waals surface area contributed by atoms with Gasteiger partial charge < -0.3 is 20.8 Å². The van der Waals surface area contributed by atoms with Crippen LogP contribution in [-0.2, 0) is 6.18 Å². The molecule has 1 aromatic rings. The second-order valence-electron chi connectivity index (χ2n) is 5.12. The van der Waals surface area contributed by atoms with Crippen LogP contribution in [0.25, 0.3) is 0 Å². The maximum atomic E-state index is 12.9. The van der Waals surface area contributed by atoms with E-state index in [2.05, 4.69) is 0 Å². The molecule has 22 heavy (non-hydrogen) atoms. The van der Waals surface area contributed by atoms with Gasteiger partial charge in [0.2, 0.25) is 0 Å². The molecule has 0 amide bonds. The highest BCUT2D eigenvalue weighted by Gasteiger charge is 2.33. The van der Waals surface area contributed by atoms with E-state index >= 15 is 0 Å². The topological polar surface area (TPSA) is 69.7 Å². The lowest BCUT2D eigenvalue weighted by atomic mass is 10.1. The minimum absolute atomic E-state index is 0.0556. The standard InChI is InChI=1S/C15H23F3N2O2/c16-15(17,18)13-11-12(5-6-14(13)19)20(7-1-3-9-21)8-2-4-10-22/h5-6,11,21-22H,1-4,7-10,19H2. The summed E-state index contributed by atoms with van der Waals surface area (Å²) in [5, 5.41) is 17.7. The first-order chi connectivity index (χ1) is 10.4. The van der Waals surface area contributed by atoms with Crippen molar-refractivity contribution in [2.45, 2.75) is 31.9 Å². The van der Waals surface area contributed by atoms with Crippen LogP contribution in [-0.4, -0.2) is 36.5 Å². The van der Waals surface area contributed by atoms with Gasteiger partial charge in [-0.05, 0) is 43.9 Å². The van der Waals surface area contributed by atoms with Crippen molar-refractivity contribution >= 4 is 11.4 Å². The van der Waals surface area contributed by atoms with Gasteiger partial charge in [-0.2, -0.15) is 13.2 Å². The van der Waals surface area contributed by atoms with Crippen molar-refractivity contribution in [1.29, 1.82) is 0 Å². The number of aliphatic hydroxyl groups is 2. The van der Waals surface area contributed by atoms with Crippen LogP contribution in [0.3, 0.4) is 0 Å². The molecule has 0 radical (unpaired) electrons. The predicted octanol–water partition coefficient (Wildman–Crippen LogP) is 2.64. The molecule has 0 spiro atoms. The summed E-state index contributed by atoms with van der Waals surface area (Å²) >= 11 is 0. The molecule has 4 N–H and O–H groups in total. The number of nitrogens with zero attached hydrogens (tertiary/aromatic N) is 1. The highest BCUT2D eigenvalue weighted by atomic mass is 19.4. The first-order valence-electron chi connectivity index (χ1n) is 7.33. The van der Waals surface area contributed by atoms with Gasteiger partial charge in [0.15, 0.2) is 0 Å². The molecule has 126 valence electrons. The van der Waals surface area contributed by atoms with Gasteiger partial charge in [0, 0.05) is 37.7 Å². The Kier molecular flexibility index (Phi) is 7.47. The molecule has 0 unspecified atom stereocenters. The average molecular weight is 320 g/mol. The van der Waals surface area contributed by atoms with Gasteiger partial charge in [0.05, 0.1) is 5.56 Å². The smallest absolute Gasteiger partial charge is 0.398 e. The molecule has 0 heterocycles. The largest absolute Gasteiger partial charge is 0.418 e. The summed E-state index contributed by atoms with van der Waals surface area (Å²) in [5.41, 5.74) is 4.75. The van der Waals surface area contributed by atoms with E-state index in [0.29, 0.717) is 44.5 Å². The van der Waals surface area contributed by atoms with E-state index < -0.39 is 11.7 Å². The first-order valence-corrected chi connectivity index (χ1v) is 7.33. The van der Waals surface area contributed by atoms with E-state index in [1.807, 2.05) is 4.90 Å². The van der Waals surface area contributed by atoms with Crippen LogP contribution < -0.4 is 10.6 Å². The second kappa shape index (κ2) is 8.85. The highest BCUT2D eigenvalue weighted by Crippen LogP contribution is 2.36. The molecule has 1 rings (SSSR count). The molecular formula is C15H23F3N2O2. The lowest BCUT2D eigenvalue weighted by Gasteiger charge is -2.26. The Morgan fingerprint density at radius 1 is 0.955 bits per heavy atom. The predicted molar refractivity (Wildman–Crippen MR) is 80.7 cm³/mol. The van der Waals surface area contributed by atoms with Crippen LogP contribution >= 0.6 is 0 Å². The fraction of sp³-hybridized carbons (Fsp3) is 0.600. The molecule has 0 fully saturated rings. The van der Waals surface area contributed by atoms with E-state index in [1.54, 1.807) is 6.07 Å². The fourth-order valence-electron chi connectivity index (χ4n) is 2.19. The minimum Gasteiger partial charge on any atom is -0.398 e. The lowest BCUT2D eigenvalue weighted by Crippen LogP contribution is -2.26. The number of aliphatic hydroxyl groups excluding tert-OH is 2. The molecule has 0 saturated carbocycles. The number of anilines is 2. The number of rotatable bonds is 9. The average Bonchev–Trinajstić information content (AvgIpc) is 2.45. The minimum atomic E-state index is -4.48. The normalized spacial score (nSPS) is 11.7. The number of alkyl halides is 3. The van der Waals surface area contributed by atoms with E-state index in [4.69, 9.17) is 15.9 Å². The molecule has 1 aromatic carbocycles. The molecule has 0 aliphatic carbocycles. The SMILES string of the molecule is Nc1ccc(N(CCCCO)CCCCO)cc1C(F)(F)F. The Balaban J connectivity index is 2.91. The third-order valence-corrected chi connectivity index (χ3v) is 3.38. The van der Waals surface area contributed by atoms with E-state index in [9.17, 15) is 13.2 Å². The van der Waals surface area contributed by atoms with E-state index in [0.717, 1.165) is 6.07 Å². The maximum absolute atomic E-state index is 12.9. The van der Waals surface area contributed by atoms with Crippen LogP contribution in [0.4, 0.5) is 24.5 Å². The van der Waals surface area contributed by atoms with Crippen molar-refractivity contribution in [2.24, 2.45) is 0 Å². The van der Waals surface area contributed by atoms with E-state index in [-0.39, 0.29) is 18.9 Å². The van der Waals surface area contributed by atoms with Crippen LogP contribution in [0, 0.1) is 0 Å². The van der Waals surface area contributed by atoms with Crippen molar-refractivity contribution in [3.63, 3.8) is 0 Å². The third-order valence-electron chi connectivity index (χ3n) is 3.38. The summed E-state index contributed by atoms with van der Waals surface area (Å²) in [5.74, 6) is 0. The van der Waals surface area contributed by atoms with Crippen LogP contribution in [0.5, 0.6) is 0 Å². The van der Waals surface area contributed by atoms with Gasteiger partial charge in [0.1, 0.15) is 0 Å². The van der Waals surface area contributed by atoms with Crippen molar-refractivity contribution in [3.8, 4) is 0 Å². The lowest BCUT2D eigenvalue weighted by molar-refractivity contribution is -0.136. The van der Waals surface area contributed by atoms with Crippen LogP contribution in [0.2, 0.25) is 0 Å². The number of halogens is 3. The number of hydrogen-bond acceptors (Lipinski definition) is 4. The maximum Gasteiger partial charge on any atom is 0.418 e. The van der Waals surface area contributed by atoms with Crippen molar-refractivity contribution < 1.29 is 23.4 Å². The van der Waals surface area contributed by atoms with Gasteiger partial charge in [0.25, 0.3) is 0 Å². The fourth-order valence-corrected chi connectivity index (χ4v) is 2.19. The highest BCUT2D eigenvalue weighted by molar-refractivity contribution is 5.59. The van der Waals surface area contributed by atoms with Gasteiger partial charge in [-0.25, -0.2) is 0 Å². The van der Waals surface area contributed by atoms with Crippen molar-refractivity contribution in [2.75, 3.05) is 36.9 Å². The van der Waals surface area contributed by atoms with Gasteiger partial charge in [-0.1, -0.05) is 0 Å². The third kappa shape index (κ3) is 5.73. The van der Waals surface area contributed by atoms with Gasteiger partial charge in [-0.3, -0.25) is 0 Å². The molecule has 0 aliphatic heterocycles. The summed E-state index contributed by atoms with van der Waals surface area (Å²) in [6.45, 7) is 1.21. The van der Waals surface area contributed by atoms with Crippen molar-refractivity contribution in [1.82, 2.24) is 0 Å². The summed E-state index contributed by atoms with van der Waals surface area (Å²) in [4.78, 5) is 1.83. The summed E-state index contributed by atoms with van der Waals surface area (Å²) in [6.07, 6.45) is -1.93. The Labute approximate surface area is 128 Å². The summed E-state index contributed by atoms with van der Waals surface area (Å²) in [6, 6.07) is 3.90. The molecule has 4 nitrogen and oxygen atoms in total. The molecule has 0 aromatic heterocycles. The first kappa shape index (κ1) is 18.6. The van der Waals surface area contributed by atoms with Gasteiger partial charge >= 0.3 is 6.18 Å². The van der Waals surface area contributed by atoms with E-state index in [1.165, 1.54) is 6.07 Å². The zero-order valence-electron chi connectivity index (χ0n) is 12.4. The number of benzene rings is 1.